The molecule has 122 valence electrons. The van der Waals surface area contributed by atoms with E-state index in [1.54, 1.807) is 24.1 Å². The highest BCUT2D eigenvalue weighted by Gasteiger charge is 2.09. The third-order valence-electron chi connectivity index (χ3n) is 3.21. The molecule has 0 saturated carbocycles. The lowest BCUT2D eigenvalue weighted by Crippen LogP contribution is -2.29. The summed E-state index contributed by atoms with van der Waals surface area (Å²) >= 11 is 0. The maximum atomic E-state index is 13.6. The molecule has 0 saturated heterocycles. The summed E-state index contributed by atoms with van der Waals surface area (Å²) in [4.78, 5) is 13.7. The molecule has 0 aromatic heterocycles. The van der Waals surface area contributed by atoms with E-state index in [2.05, 4.69) is 5.32 Å². The van der Waals surface area contributed by atoms with Crippen LogP contribution in [-0.2, 0) is 11.3 Å². The van der Waals surface area contributed by atoms with Gasteiger partial charge in [-0.1, -0.05) is 6.07 Å². The van der Waals surface area contributed by atoms with E-state index in [0.717, 1.165) is 5.56 Å². The van der Waals surface area contributed by atoms with Gasteiger partial charge in [0, 0.05) is 12.2 Å². The molecule has 2 rings (SSSR count). The minimum atomic E-state index is -0.436. The third-order valence-corrected chi connectivity index (χ3v) is 3.21. The van der Waals surface area contributed by atoms with Gasteiger partial charge in [0.15, 0.2) is 11.6 Å². The van der Waals surface area contributed by atoms with Crippen molar-refractivity contribution in [2.24, 2.45) is 0 Å². The Labute approximate surface area is 133 Å². The van der Waals surface area contributed by atoms with Crippen molar-refractivity contribution in [3.8, 4) is 5.75 Å². The Morgan fingerprint density at radius 1 is 1.17 bits per heavy atom. The number of methoxy groups -OCH3 is 1. The second-order valence-electron chi connectivity index (χ2n) is 5.20. The van der Waals surface area contributed by atoms with Gasteiger partial charge in [-0.05, 0) is 49.0 Å². The van der Waals surface area contributed by atoms with Crippen molar-refractivity contribution in [3.05, 3.63) is 59.7 Å². The number of ether oxygens (including phenoxy) is 1. The number of anilines is 1. The van der Waals surface area contributed by atoms with Crippen molar-refractivity contribution in [2.75, 3.05) is 26.0 Å². The predicted molar refractivity (Wildman–Crippen MR) is 84.3 cm³/mol. The lowest BCUT2D eigenvalue weighted by Gasteiger charge is -2.17. The first-order valence-electron chi connectivity index (χ1n) is 7.04. The average Bonchev–Trinajstić information content (AvgIpc) is 2.49. The van der Waals surface area contributed by atoms with E-state index < -0.39 is 5.82 Å². The van der Waals surface area contributed by atoms with E-state index in [4.69, 9.17) is 4.74 Å². The van der Waals surface area contributed by atoms with Gasteiger partial charge in [-0.2, -0.15) is 0 Å². The normalized spacial score (nSPS) is 10.7. The van der Waals surface area contributed by atoms with Gasteiger partial charge < -0.3 is 10.1 Å². The summed E-state index contributed by atoms with van der Waals surface area (Å²) in [5.41, 5.74) is 1.26. The van der Waals surface area contributed by atoms with Crippen LogP contribution in [0.25, 0.3) is 0 Å². The van der Waals surface area contributed by atoms with Gasteiger partial charge in [0.1, 0.15) is 5.82 Å². The van der Waals surface area contributed by atoms with E-state index in [9.17, 15) is 13.6 Å². The molecule has 2 aromatic carbocycles. The van der Waals surface area contributed by atoms with Gasteiger partial charge in [-0.3, -0.25) is 9.69 Å². The number of rotatable bonds is 6. The predicted octanol–water partition coefficient (Wildman–Crippen LogP) is 3.04. The quantitative estimate of drug-likeness (QED) is 0.889. The van der Waals surface area contributed by atoms with Crippen LogP contribution in [0.4, 0.5) is 14.5 Å². The minimum Gasteiger partial charge on any atom is -0.494 e. The Balaban J connectivity index is 1.88. The van der Waals surface area contributed by atoms with Crippen LogP contribution in [0.3, 0.4) is 0 Å². The first-order chi connectivity index (χ1) is 11.0. The first kappa shape index (κ1) is 16.9. The van der Waals surface area contributed by atoms with Gasteiger partial charge in [0.25, 0.3) is 0 Å². The molecule has 0 unspecified atom stereocenters. The van der Waals surface area contributed by atoms with Crippen LogP contribution >= 0.6 is 0 Å². The molecule has 23 heavy (non-hydrogen) atoms. The van der Waals surface area contributed by atoms with Gasteiger partial charge in [-0.15, -0.1) is 0 Å². The average molecular weight is 320 g/mol. The molecule has 0 aliphatic rings. The zero-order valence-corrected chi connectivity index (χ0v) is 13.0. The number of carbonyl (C=O) groups excluding carboxylic acids is 1. The number of benzene rings is 2. The fraction of sp³-hybridized carbons (Fsp3) is 0.235. The second kappa shape index (κ2) is 7.69. The molecule has 1 N–H and O–H groups in total. The molecule has 0 fully saturated rings. The van der Waals surface area contributed by atoms with Crippen molar-refractivity contribution in [3.63, 3.8) is 0 Å². The van der Waals surface area contributed by atoms with Crippen LogP contribution in [0, 0.1) is 11.6 Å². The third kappa shape index (κ3) is 5.03. The molecule has 0 spiro atoms. The summed E-state index contributed by atoms with van der Waals surface area (Å²) in [6.45, 7) is 0.544. The summed E-state index contributed by atoms with van der Waals surface area (Å²) in [5, 5.41) is 2.67. The zero-order valence-electron chi connectivity index (χ0n) is 13.0. The van der Waals surface area contributed by atoms with E-state index in [1.165, 1.54) is 37.4 Å². The summed E-state index contributed by atoms with van der Waals surface area (Å²) in [5.74, 6) is -0.839. The lowest BCUT2D eigenvalue weighted by molar-refractivity contribution is -0.117. The first-order valence-corrected chi connectivity index (χ1v) is 7.04. The summed E-state index contributed by atoms with van der Waals surface area (Å²) < 4.78 is 31.3. The summed E-state index contributed by atoms with van der Waals surface area (Å²) in [7, 11) is 3.16. The molecule has 1 amide bonds. The number of likely N-dealkylation sites (N-methyl/N-ethyl adjacent to an activating group) is 1. The molecule has 0 heterocycles. The van der Waals surface area contributed by atoms with Crippen LogP contribution in [0.1, 0.15) is 5.56 Å². The lowest BCUT2D eigenvalue weighted by atomic mass is 10.2. The van der Waals surface area contributed by atoms with Crippen LogP contribution in [-0.4, -0.2) is 31.5 Å². The number of halogens is 2. The van der Waals surface area contributed by atoms with E-state index >= 15 is 0 Å². The highest BCUT2D eigenvalue weighted by Crippen LogP contribution is 2.18. The number of hydrogen-bond acceptors (Lipinski definition) is 3. The van der Waals surface area contributed by atoms with Crippen LogP contribution in [0.2, 0.25) is 0 Å². The Kier molecular flexibility index (Phi) is 5.65. The summed E-state index contributed by atoms with van der Waals surface area (Å²) in [6, 6.07) is 10.2. The minimum absolute atomic E-state index is 0.130. The number of nitrogens with zero attached hydrogens (tertiary/aromatic N) is 1. The molecular formula is C17H18F2N2O2. The number of nitrogens with one attached hydrogen (secondary N) is 1. The fourth-order valence-corrected chi connectivity index (χ4v) is 2.15. The van der Waals surface area contributed by atoms with Gasteiger partial charge in [0.05, 0.1) is 13.7 Å². The number of amides is 1. The molecule has 0 radical (unpaired) electrons. The highest BCUT2D eigenvalue weighted by atomic mass is 19.1. The van der Waals surface area contributed by atoms with Crippen molar-refractivity contribution < 1.29 is 18.3 Å². The Hall–Kier alpha value is -2.47. The SMILES string of the molecule is COc1ccc(CN(C)CC(=O)Nc2ccc(F)cc2)cc1F. The monoisotopic (exact) mass is 320 g/mol. The van der Waals surface area contributed by atoms with Gasteiger partial charge in [0.2, 0.25) is 5.91 Å². The van der Waals surface area contributed by atoms with Gasteiger partial charge in [-0.25, -0.2) is 8.78 Å². The second-order valence-corrected chi connectivity index (χ2v) is 5.20. The molecule has 0 aliphatic heterocycles. The van der Waals surface area contributed by atoms with Crippen molar-refractivity contribution in [1.82, 2.24) is 4.90 Å². The fourth-order valence-electron chi connectivity index (χ4n) is 2.15. The Morgan fingerprint density at radius 3 is 2.48 bits per heavy atom. The topological polar surface area (TPSA) is 41.6 Å². The van der Waals surface area contributed by atoms with E-state index in [0.29, 0.717) is 12.2 Å². The van der Waals surface area contributed by atoms with E-state index in [1.807, 2.05) is 0 Å². The maximum Gasteiger partial charge on any atom is 0.238 e. The molecule has 0 atom stereocenters. The van der Waals surface area contributed by atoms with Gasteiger partial charge >= 0.3 is 0 Å². The van der Waals surface area contributed by atoms with Crippen molar-refractivity contribution >= 4 is 11.6 Å². The molecule has 6 heteroatoms. The van der Waals surface area contributed by atoms with E-state index in [-0.39, 0.29) is 24.0 Å². The largest absolute Gasteiger partial charge is 0.494 e. The number of carbonyl (C=O) groups is 1. The number of hydrogen-bond donors (Lipinski definition) is 1. The van der Waals surface area contributed by atoms with Crippen molar-refractivity contribution in [2.45, 2.75) is 6.54 Å². The molecule has 0 bridgehead atoms. The smallest absolute Gasteiger partial charge is 0.238 e. The molecule has 4 nitrogen and oxygen atoms in total. The molecule has 0 aliphatic carbocycles. The van der Waals surface area contributed by atoms with Crippen molar-refractivity contribution in [1.29, 1.82) is 0 Å². The maximum absolute atomic E-state index is 13.6. The molecular weight excluding hydrogens is 302 g/mol. The highest BCUT2D eigenvalue weighted by molar-refractivity contribution is 5.92. The summed E-state index contributed by atoms with van der Waals surface area (Å²) in [6.07, 6.45) is 0. The van der Waals surface area contributed by atoms with Crippen LogP contribution < -0.4 is 10.1 Å². The van der Waals surface area contributed by atoms with Crippen LogP contribution in [0.15, 0.2) is 42.5 Å². The molecule has 2 aromatic rings. The Morgan fingerprint density at radius 2 is 1.87 bits per heavy atom. The Bertz CT molecular complexity index is 675. The zero-order chi connectivity index (χ0) is 16.8. The standard InChI is InChI=1S/C17H18F2N2O2/c1-21(10-12-3-8-16(23-2)15(19)9-12)11-17(22)20-14-6-4-13(18)5-7-14/h3-9H,10-11H2,1-2H3,(H,20,22). The van der Waals surface area contributed by atoms with Crippen LogP contribution in [0.5, 0.6) is 5.75 Å².